The molecule has 0 aliphatic heterocycles. The Balaban J connectivity index is 0.000000598. The molecule has 258 valence electrons. The molecule has 0 amide bonds. The third-order valence-electron chi connectivity index (χ3n) is 6.71. The Kier molecular flexibility index (Phi) is 11.6. The van der Waals surface area contributed by atoms with Gasteiger partial charge in [-0.2, -0.15) is 6.07 Å². The van der Waals surface area contributed by atoms with E-state index < -0.39 is 106 Å². The molecule has 0 saturated heterocycles. The number of rotatable bonds is 9. The molecular weight excluding hydrogens is 677 g/mol. The number of nitrogens with zero attached hydrogens (tertiary/aromatic N) is 1. The van der Waals surface area contributed by atoms with Crippen LogP contribution in [0.3, 0.4) is 0 Å². The maximum Gasteiger partial charge on any atom is 0.864 e. The smallest absolute Gasteiger partial charge is 0.489 e. The predicted octanol–water partition coefficient (Wildman–Crippen LogP) is 7.89. The average molecular weight is 699 g/mol. The highest BCUT2D eigenvalue weighted by molar-refractivity contribution is 6.39. The number of hydrogen-bond donors (Lipinski definition) is 0. The summed E-state index contributed by atoms with van der Waals surface area (Å²) >= 11 is 0. The molecule has 0 heterocycles. The van der Waals surface area contributed by atoms with Gasteiger partial charge in [0.25, 0.3) is 0 Å². The van der Waals surface area contributed by atoms with Gasteiger partial charge in [-0.25, -0.2) is 43.9 Å². The number of ether oxygens (including phenoxy) is 1. The van der Waals surface area contributed by atoms with Crippen molar-refractivity contribution in [1.29, 1.82) is 0 Å². The Morgan fingerprint density at radius 3 is 1.27 bits per heavy atom. The zero-order chi connectivity index (χ0) is 36.3. The van der Waals surface area contributed by atoms with Crippen molar-refractivity contribution in [1.82, 2.24) is 0 Å². The molecule has 48 heavy (non-hydrogen) atoms. The molecule has 0 radical (unpaired) electrons. The lowest BCUT2D eigenvalue weighted by Gasteiger charge is -2.43. The number of quaternary nitrogens is 1. The predicted molar refractivity (Wildman–Crippen MR) is 144 cm³/mol. The van der Waals surface area contributed by atoms with E-state index in [0.29, 0.717) is 30.3 Å². The van der Waals surface area contributed by atoms with Gasteiger partial charge in [-0.15, -0.1) is 12.1 Å². The summed E-state index contributed by atoms with van der Waals surface area (Å²) in [6.45, 7) is 1.29. The van der Waals surface area contributed by atoms with Crippen LogP contribution in [0.25, 0.3) is 0 Å². The molecule has 0 aromatic heterocycles. The van der Waals surface area contributed by atoms with Gasteiger partial charge in [0.15, 0.2) is 52.4 Å². The van der Waals surface area contributed by atoms with Crippen LogP contribution in [0.5, 0.6) is 17.2 Å². The standard InChI is InChI=1S/C24H20BF9NO4.C6H2F3/c1-24(36-5,35(2,3)4)19-18(10-17(30)22(33)23(19)34)39-25(37-11-6-13(26)20(31)14(27)7-11)38-12-8-15(28)21(32)16(29)9-12;7-4-2-1-3-5(8)6(4)9/h6-10H,1-5H3;2-3H/q+1;-1. The third-order valence-corrected chi connectivity index (χ3v) is 6.71. The van der Waals surface area contributed by atoms with E-state index >= 15 is 4.39 Å². The second-order valence-electron chi connectivity index (χ2n) is 10.6. The Hall–Kier alpha value is -4.58. The van der Waals surface area contributed by atoms with E-state index in [-0.39, 0.29) is 4.48 Å². The van der Waals surface area contributed by atoms with E-state index in [4.69, 9.17) is 18.7 Å². The molecule has 0 aliphatic rings. The van der Waals surface area contributed by atoms with Gasteiger partial charge in [0.05, 0.1) is 27.0 Å². The highest BCUT2D eigenvalue weighted by Crippen LogP contribution is 2.41. The van der Waals surface area contributed by atoms with Crippen molar-refractivity contribution in [3.8, 4) is 17.2 Å². The normalized spacial score (nSPS) is 12.5. The van der Waals surface area contributed by atoms with Gasteiger partial charge < -0.3 is 18.7 Å². The van der Waals surface area contributed by atoms with Gasteiger partial charge in [-0.3, -0.25) is 13.3 Å². The van der Waals surface area contributed by atoms with Crippen LogP contribution in [-0.4, -0.2) is 40.1 Å². The zero-order valence-corrected chi connectivity index (χ0v) is 25.2. The quantitative estimate of drug-likeness (QED) is 0.0445. The van der Waals surface area contributed by atoms with Gasteiger partial charge in [0, 0.05) is 56.0 Å². The van der Waals surface area contributed by atoms with Crippen LogP contribution in [0.4, 0.5) is 52.7 Å². The summed E-state index contributed by atoms with van der Waals surface area (Å²) in [5.41, 5.74) is -2.53. The maximum absolute atomic E-state index is 15.2. The monoisotopic (exact) mass is 699 g/mol. The molecule has 0 bridgehead atoms. The minimum atomic E-state index is -2.39. The van der Waals surface area contributed by atoms with E-state index in [0.717, 1.165) is 19.2 Å². The Labute approximate surface area is 265 Å². The van der Waals surface area contributed by atoms with E-state index in [9.17, 15) is 48.3 Å². The Morgan fingerprint density at radius 2 is 0.917 bits per heavy atom. The zero-order valence-electron chi connectivity index (χ0n) is 25.2. The lowest BCUT2D eigenvalue weighted by Crippen LogP contribution is -2.54. The first-order valence-electron chi connectivity index (χ1n) is 13.1. The third kappa shape index (κ3) is 8.10. The molecule has 4 aromatic carbocycles. The number of hydrogen-bond acceptors (Lipinski definition) is 4. The molecule has 0 N–H and O–H groups in total. The van der Waals surface area contributed by atoms with E-state index in [1.807, 2.05) is 0 Å². The first-order chi connectivity index (χ1) is 22.2. The largest absolute Gasteiger partial charge is 0.864 e. The average Bonchev–Trinajstić information content (AvgIpc) is 2.99. The van der Waals surface area contributed by atoms with E-state index in [1.165, 1.54) is 28.1 Å². The highest BCUT2D eigenvalue weighted by atomic mass is 19.2. The van der Waals surface area contributed by atoms with Crippen molar-refractivity contribution in [2.24, 2.45) is 0 Å². The fourth-order valence-corrected chi connectivity index (χ4v) is 3.84. The summed E-state index contributed by atoms with van der Waals surface area (Å²) in [5.74, 6) is -22.4. The van der Waals surface area contributed by atoms with Crippen LogP contribution in [0, 0.1) is 75.9 Å². The lowest BCUT2D eigenvalue weighted by atomic mass is 9.98. The van der Waals surface area contributed by atoms with E-state index in [2.05, 4.69) is 6.07 Å². The van der Waals surface area contributed by atoms with Crippen molar-refractivity contribution in [2.75, 3.05) is 28.3 Å². The summed E-state index contributed by atoms with van der Waals surface area (Å²) in [5, 5.41) is 0. The van der Waals surface area contributed by atoms with Crippen molar-refractivity contribution in [3.63, 3.8) is 0 Å². The van der Waals surface area contributed by atoms with Gasteiger partial charge in [0.1, 0.15) is 22.8 Å². The van der Waals surface area contributed by atoms with Gasteiger partial charge in [-0.05, 0) is 0 Å². The number of halogens is 12. The minimum Gasteiger partial charge on any atom is -0.489 e. The van der Waals surface area contributed by atoms with E-state index in [1.54, 1.807) is 0 Å². The summed E-state index contributed by atoms with van der Waals surface area (Å²) in [7, 11) is 3.26. The van der Waals surface area contributed by atoms with Gasteiger partial charge in [0.2, 0.25) is 5.72 Å². The summed E-state index contributed by atoms with van der Waals surface area (Å²) in [6.07, 6.45) is 0. The second kappa shape index (κ2) is 14.7. The molecule has 0 aliphatic carbocycles. The van der Waals surface area contributed by atoms with Crippen LogP contribution in [-0.2, 0) is 10.5 Å². The van der Waals surface area contributed by atoms with Crippen molar-refractivity contribution in [3.05, 3.63) is 124 Å². The fraction of sp³-hybridized carbons (Fsp3) is 0.200. The SMILES string of the molecule is COC(C)(c1c(OB(Oc2cc(F)c(F)c(F)c2)Oc2cc(F)c(F)c(F)c2)cc(F)c(F)c1F)[N+](C)(C)C.Fc1c[c-]cc(F)c1F. The molecule has 5 nitrogen and oxygen atoms in total. The topological polar surface area (TPSA) is 36.9 Å². The molecule has 4 rings (SSSR count). The molecule has 0 spiro atoms. The minimum absolute atomic E-state index is 0.267. The molecule has 1 atom stereocenters. The van der Waals surface area contributed by atoms with Crippen LogP contribution in [0.1, 0.15) is 12.5 Å². The molecule has 1 unspecified atom stereocenters. The summed E-state index contributed by atoms with van der Waals surface area (Å²) in [6, 6.07) is 5.26. The van der Waals surface area contributed by atoms with Gasteiger partial charge >= 0.3 is 7.32 Å². The van der Waals surface area contributed by atoms with Crippen LogP contribution < -0.4 is 14.0 Å². The molecule has 0 saturated carbocycles. The fourth-order valence-electron chi connectivity index (χ4n) is 3.84. The Morgan fingerprint density at radius 1 is 0.542 bits per heavy atom. The van der Waals surface area contributed by atoms with Crippen LogP contribution in [0.2, 0.25) is 0 Å². The van der Waals surface area contributed by atoms with Gasteiger partial charge in [-0.1, -0.05) is 0 Å². The van der Waals surface area contributed by atoms with Crippen molar-refractivity contribution in [2.45, 2.75) is 12.6 Å². The summed E-state index contributed by atoms with van der Waals surface area (Å²) < 4.78 is 182. The van der Waals surface area contributed by atoms with Crippen LogP contribution in [0.15, 0.2) is 42.5 Å². The Bertz CT molecular complexity index is 1680. The highest BCUT2D eigenvalue weighted by Gasteiger charge is 2.48. The second-order valence-corrected chi connectivity index (χ2v) is 10.6. The first-order valence-corrected chi connectivity index (χ1v) is 13.1. The maximum atomic E-state index is 15.2. The van der Waals surface area contributed by atoms with Crippen molar-refractivity contribution >= 4 is 7.32 Å². The lowest BCUT2D eigenvalue weighted by molar-refractivity contribution is -0.957. The molecule has 0 fully saturated rings. The number of benzene rings is 4. The molecule has 4 aromatic rings. The molecule has 18 heteroatoms. The first kappa shape index (κ1) is 37.9. The molecular formula is C30H22BF12NO4. The van der Waals surface area contributed by atoms with Crippen LogP contribution >= 0.6 is 0 Å². The summed E-state index contributed by atoms with van der Waals surface area (Å²) in [4.78, 5) is 0. The number of methoxy groups -OCH3 is 1. The van der Waals surface area contributed by atoms with Crippen molar-refractivity contribution < 1.29 is 75.9 Å².